The summed E-state index contributed by atoms with van der Waals surface area (Å²) in [5.41, 5.74) is 0.843. The van der Waals surface area contributed by atoms with Crippen LogP contribution in [0.3, 0.4) is 0 Å². The van der Waals surface area contributed by atoms with Gasteiger partial charge in [-0.25, -0.2) is 17.6 Å². The Hall–Kier alpha value is -3.74. The van der Waals surface area contributed by atoms with Crippen molar-refractivity contribution in [3.05, 3.63) is 112 Å². The number of alkyl halides is 2. The molecule has 0 radical (unpaired) electrons. The molecule has 4 aromatic carbocycles. The van der Waals surface area contributed by atoms with Gasteiger partial charge in [0.1, 0.15) is 34.6 Å². The predicted octanol–water partition coefficient (Wildman–Crippen LogP) is 8.63. The van der Waals surface area contributed by atoms with Gasteiger partial charge in [0.25, 0.3) is 0 Å². The average Bonchev–Trinajstić information content (AvgIpc) is 2.76. The highest BCUT2D eigenvalue weighted by molar-refractivity contribution is 5.72. The van der Waals surface area contributed by atoms with Gasteiger partial charge >= 0.3 is 6.11 Å². The molecule has 4 rings (SSSR count). The normalized spacial score (nSPS) is 11.6. The van der Waals surface area contributed by atoms with Crippen LogP contribution in [0.5, 0.6) is 5.75 Å². The maximum absolute atomic E-state index is 14.9. The zero-order chi connectivity index (χ0) is 25.5. The molecule has 0 aromatic heterocycles. The lowest BCUT2D eigenvalue weighted by Crippen LogP contribution is -2.25. The molecule has 0 bridgehead atoms. The van der Waals surface area contributed by atoms with Crippen LogP contribution < -0.4 is 4.74 Å². The fourth-order valence-electron chi connectivity index (χ4n) is 3.82. The minimum Gasteiger partial charge on any atom is -0.429 e. The van der Waals surface area contributed by atoms with Crippen molar-refractivity contribution in [2.24, 2.45) is 0 Å². The summed E-state index contributed by atoms with van der Waals surface area (Å²) in [4.78, 5) is 0. The molecule has 0 aliphatic carbocycles. The number of aryl methyl sites for hydroxylation is 2. The van der Waals surface area contributed by atoms with E-state index >= 15 is 0 Å². The molecular weight excluding hydrogens is 466 g/mol. The third-order valence-electron chi connectivity index (χ3n) is 5.74. The zero-order valence-electron chi connectivity index (χ0n) is 19.0. The summed E-state index contributed by atoms with van der Waals surface area (Å²) in [5.74, 6) is -4.94. The van der Waals surface area contributed by atoms with Crippen LogP contribution in [-0.2, 0) is 6.11 Å². The molecule has 0 fully saturated rings. The molecule has 4 aromatic rings. The van der Waals surface area contributed by atoms with Crippen LogP contribution in [0, 0.1) is 44.0 Å². The molecule has 180 valence electrons. The van der Waals surface area contributed by atoms with E-state index < -0.39 is 40.7 Å². The molecule has 0 unspecified atom stereocenters. The highest BCUT2D eigenvalue weighted by Gasteiger charge is 2.40. The van der Waals surface area contributed by atoms with Crippen LogP contribution in [-0.4, -0.2) is 0 Å². The highest BCUT2D eigenvalue weighted by Crippen LogP contribution is 2.38. The summed E-state index contributed by atoms with van der Waals surface area (Å²) in [6, 6.07) is 15.0. The molecule has 7 heteroatoms. The second-order valence-electron chi connectivity index (χ2n) is 8.34. The van der Waals surface area contributed by atoms with Crippen LogP contribution >= 0.6 is 0 Å². The fourth-order valence-corrected chi connectivity index (χ4v) is 3.82. The molecule has 1 nitrogen and oxygen atoms in total. The van der Waals surface area contributed by atoms with Crippen molar-refractivity contribution in [2.75, 3.05) is 0 Å². The van der Waals surface area contributed by atoms with E-state index in [1.807, 2.05) is 31.2 Å². The summed E-state index contributed by atoms with van der Waals surface area (Å²) in [5, 5.41) is 0. The SMILES string of the molecule is Cc1ccc(-c2ccc(-c3cc(C)c(C(F)(F)Oc4cc(F)c(C)c(F)c4)c(F)c3)c(F)c2)cc1. The topological polar surface area (TPSA) is 9.23 Å². The predicted molar refractivity (Wildman–Crippen MR) is 122 cm³/mol. The van der Waals surface area contributed by atoms with Gasteiger partial charge in [0.15, 0.2) is 0 Å². The van der Waals surface area contributed by atoms with Crippen molar-refractivity contribution in [1.82, 2.24) is 0 Å². The van der Waals surface area contributed by atoms with Gasteiger partial charge in [-0.3, -0.25) is 0 Å². The molecular formula is C28H20F6O. The molecule has 0 saturated carbocycles. The number of hydrogen-bond donors (Lipinski definition) is 0. The number of halogens is 6. The van der Waals surface area contributed by atoms with E-state index in [1.165, 1.54) is 25.1 Å². The summed E-state index contributed by atoms with van der Waals surface area (Å²) in [7, 11) is 0. The first-order chi connectivity index (χ1) is 16.5. The maximum Gasteiger partial charge on any atom is 0.429 e. The molecule has 35 heavy (non-hydrogen) atoms. The Morgan fingerprint density at radius 2 is 1.17 bits per heavy atom. The largest absolute Gasteiger partial charge is 0.429 e. The first-order valence-corrected chi connectivity index (χ1v) is 10.7. The molecule has 0 atom stereocenters. The van der Waals surface area contributed by atoms with E-state index in [0.29, 0.717) is 17.7 Å². The fraction of sp³-hybridized carbons (Fsp3) is 0.143. The van der Waals surface area contributed by atoms with E-state index in [9.17, 15) is 26.3 Å². The van der Waals surface area contributed by atoms with E-state index in [0.717, 1.165) is 24.1 Å². The second kappa shape index (κ2) is 9.13. The van der Waals surface area contributed by atoms with Gasteiger partial charge < -0.3 is 4.74 Å². The maximum atomic E-state index is 14.9. The number of hydrogen-bond acceptors (Lipinski definition) is 1. The summed E-state index contributed by atoms with van der Waals surface area (Å²) in [6.07, 6.45) is -4.24. The quantitative estimate of drug-likeness (QED) is 0.257. The van der Waals surface area contributed by atoms with Crippen molar-refractivity contribution in [1.29, 1.82) is 0 Å². The molecule has 0 aliphatic rings. The molecule has 0 amide bonds. The molecule has 0 N–H and O–H groups in total. The van der Waals surface area contributed by atoms with Gasteiger partial charge in [0, 0.05) is 23.3 Å². The Labute approximate surface area is 198 Å². The Morgan fingerprint density at radius 3 is 1.74 bits per heavy atom. The smallest absolute Gasteiger partial charge is 0.429 e. The van der Waals surface area contributed by atoms with Gasteiger partial charge in [-0.15, -0.1) is 0 Å². The van der Waals surface area contributed by atoms with E-state index in [1.54, 1.807) is 6.07 Å². The third kappa shape index (κ3) is 4.90. The molecule has 0 aliphatic heterocycles. The van der Waals surface area contributed by atoms with E-state index in [-0.39, 0.29) is 22.3 Å². The van der Waals surface area contributed by atoms with Crippen molar-refractivity contribution in [3.63, 3.8) is 0 Å². The van der Waals surface area contributed by atoms with Crippen molar-refractivity contribution < 1.29 is 31.1 Å². The highest BCUT2D eigenvalue weighted by atomic mass is 19.3. The van der Waals surface area contributed by atoms with E-state index in [4.69, 9.17) is 0 Å². The number of ether oxygens (including phenoxy) is 1. The summed E-state index contributed by atoms with van der Waals surface area (Å²) >= 11 is 0. The summed E-state index contributed by atoms with van der Waals surface area (Å²) in [6.45, 7) is 4.29. The molecule has 0 spiro atoms. The van der Waals surface area contributed by atoms with Crippen LogP contribution in [0.15, 0.2) is 66.7 Å². The number of rotatable bonds is 5. The number of benzene rings is 4. The standard InChI is InChI=1S/C28H20F6O/c1-15-4-6-18(7-5-15)19-8-9-22(25(31)11-19)20-10-16(2)27(26(32)12-20)28(33,34)35-21-13-23(29)17(3)24(30)14-21/h4-14H,1-3H3. The van der Waals surface area contributed by atoms with Crippen molar-refractivity contribution in [3.8, 4) is 28.0 Å². The molecule has 0 heterocycles. The molecule has 0 saturated heterocycles. The minimum absolute atomic E-state index is 0.0290. The van der Waals surface area contributed by atoms with Crippen LogP contribution in [0.25, 0.3) is 22.3 Å². The Balaban J connectivity index is 1.67. The minimum atomic E-state index is -4.24. The van der Waals surface area contributed by atoms with Gasteiger partial charge in [-0.2, -0.15) is 8.78 Å². The lowest BCUT2D eigenvalue weighted by molar-refractivity contribution is -0.188. The van der Waals surface area contributed by atoms with Gasteiger partial charge in [-0.05, 0) is 55.2 Å². The van der Waals surface area contributed by atoms with Gasteiger partial charge in [0.2, 0.25) is 0 Å². The first-order valence-electron chi connectivity index (χ1n) is 10.7. The summed E-state index contributed by atoms with van der Waals surface area (Å²) < 4.78 is 91.4. The van der Waals surface area contributed by atoms with Crippen molar-refractivity contribution >= 4 is 0 Å². The van der Waals surface area contributed by atoms with Crippen molar-refractivity contribution in [2.45, 2.75) is 26.9 Å². The third-order valence-corrected chi connectivity index (χ3v) is 5.74. The Kier molecular flexibility index (Phi) is 6.36. The second-order valence-corrected chi connectivity index (χ2v) is 8.34. The zero-order valence-corrected chi connectivity index (χ0v) is 19.0. The first kappa shape index (κ1) is 24.4. The van der Waals surface area contributed by atoms with Gasteiger partial charge in [-0.1, -0.05) is 48.0 Å². The van der Waals surface area contributed by atoms with Crippen LogP contribution in [0.1, 0.15) is 22.3 Å². The Morgan fingerprint density at radius 1 is 0.600 bits per heavy atom. The van der Waals surface area contributed by atoms with Crippen LogP contribution in [0.2, 0.25) is 0 Å². The lowest BCUT2D eigenvalue weighted by Gasteiger charge is -2.21. The van der Waals surface area contributed by atoms with Gasteiger partial charge in [0.05, 0.1) is 0 Å². The Bertz CT molecular complexity index is 1360. The monoisotopic (exact) mass is 486 g/mol. The van der Waals surface area contributed by atoms with Crippen LogP contribution in [0.4, 0.5) is 26.3 Å². The lowest BCUT2D eigenvalue weighted by atomic mass is 9.96. The van der Waals surface area contributed by atoms with E-state index in [2.05, 4.69) is 4.74 Å². The average molecular weight is 486 g/mol.